The number of likely N-dealkylation sites (tertiary alicyclic amines) is 2. The van der Waals surface area contributed by atoms with Gasteiger partial charge in [0.05, 0.1) is 42.9 Å². The number of aliphatic hydroxyl groups is 2. The van der Waals surface area contributed by atoms with Crippen LogP contribution in [0.15, 0.2) is 0 Å². The number of carbonyl (C=O) groups is 3. The summed E-state index contributed by atoms with van der Waals surface area (Å²) in [4.78, 5) is 43.9. The average molecular weight is 675 g/mol. The number of hydrogen-bond donors (Lipinski definition) is 2. The number of rotatable bonds is 10. The number of hydrogen-bond acceptors (Lipinski definition) is 10. The Morgan fingerprint density at radius 2 is 1.73 bits per heavy atom. The molecule has 2 saturated heterocycles. The predicted octanol–water partition coefficient (Wildman–Crippen LogP) is 2.93. The third-order valence-electron chi connectivity index (χ3n) is 14.9. The van der Waals surface area contributed by atoms with E-state index in [2.05, 4.69) is 11.8 Å². The molecule has 7 rings (SSSR count). The minimum absolute atomic E-state index is 0.0913. The highest BCUT2D eigenvalue weighted by atomic mass is 16.5. The fraction of sp³-hybridized carbons (Fsp3) is 0.919. The lowest BCUT2D eigenvalue weighted by atomic mass is 9.42. The highest BCUT2D eigenvalue weighted by Gasteiger charge is 2.89. The Kier molecular flexibility index (Phi) is 8.89. The van der Waals surface area contributed by atoms with Crippen LogP contribution in [0.2, 0.25) is 0 Å². The first kappa shape index (κ1) is 34.8. The van der Waals surface area contributed by atoms with Crippen LogP contribution < -0.4 is 0 Å². The van der Waals surface area contributed by atoms with Crippen LogP contribution in [-0.2, 0) is 33.3 Å². The van der Waals surface area contributed by atoms with Crippen molar-refractivity contribution < 1.29 is 43.5 Å². The molecule has 4 unspecified atom stereocenters. The molecule has 0 aromatic rings. The van der Waals surface area contributed by atoms with E-state index >= 15 is 0 Å². The smallest absolute Gasteiger partial charge is 0.311 e. The summed E-state index contributed by atoms with van der Waals surface area (Å²) in [6, 6.07) is -0.869. The number of carbonyl (C=O) groups excluding carboxylic acids is 3. The van der Waals surface area contributed by atoms with E-state index in [9.17, 15) is 24.6 Å². The Balaban J connectivity index is 1.28. The number of esters is 1. The van der Waals surface area contributed by atoms with E-state index in [1.807, 2.05) is 6.92 Å². The molecule has 5 aliphatic carbocycles. The summed E-state index contributed by atoms with van der Waals surface area (Å²) < 4.78 is 25.0. The Hall–Kier alpha value is -1.63. The number of nitrogens with zero attached hydrogens (tertiary/aromatic N) is 2. The Morgan fingerprint density at radius 1 is 1.00 bits per heavy atom. The van der Waals surface area contributed by atoms with Gasteiger partial charge < -0.3 is 29.2 Å². The van der Waals surface area contributed by atoms with E-state index < -0.39 is 46.1 Å². The molecule has 7 aliphatic rings. The van der Waals surface area contributed by atoms with E-state index in [1.54, 1.807) is 28.3 Å². The molecular weight excluding hydrogens is 616 g/mol. The van der Waals surface area contributed by atoms with Crippen molar-refractivity contribution in [3.63, 3.8) is 0 Å². The number of amides is 2. The summed E-state index contributed by atoms with van der Waals surface area (Å²) >= 11 is 0. The van der Waals surface area contributed by atoms with Gasteiger partial charge in [0, 0.05) is 63.4 Å². The van der Waals surface area contributed by atoms with Crippen LogP contribution >= 0.6 is 0 Å². The third-order valence-corrected chi connectivity index (χ3v) is 14.9. The lowest BCUT2D eigenvalue weighted by molar-refractivity contribution is -0.306. The molecule has 5 saturated carbocycles. The number of piperidine rings is 1. The zero-order chi connectivity index (χ0) is 34.4. The van der Waals surface area contributed by atoms with Gasteiger partial charge in [-0.3, -0.25) is 24.2 Å². The van der Waals surface area contributed by atoms with Gasteiger partial charge in [0.15, 0.2) is 0 Å². The number of ether oxygens (including phenoxy) is 4. The summed E-state index contributed by atoms with van der Waals surface area (Å²) in [6.07, 6.45) is 6.48. The molecule has 48 heavy (non-hydrogen) atoms. The summed E-state index contributed by atoms with van der Waals surface area (Å²) in [5.41, 5.74) is -4.11. The molecule has 2 N–H and O–H groups in total. The predicted molar refractivity (Wildman–Crippen MR) is 174 cm³/mol. The van der Waals surface area contributed by atoms with Gasteiger partial charge in [0.2, 0.25) is 11.8 Å². The van der Waals surface area contributed by atoms with Crippen LogP contribution in [0.4, 0.5) is 0 Å². The van der Waals surface area contributed by atoms with Crippen molar-refractivity contribution in [2.75, 3.05) is 41.0 Å². The maximum atomic E-state index is 14.2. The van der Waals surface area contributed by atoms with Crippen LogP contribution in [-0.4, -0.2) is 120 Å². The molecule has 2 aliphatic heterocycles. The SMILES string of the molecule is CCN1C[C@]2(COC(=O)C3CCCCC3N3C(=O)C[C@H](C)C3=O)CC[C@H](OC)[C@@]34C2[C@H](OC)[C@](O)(C13)[C@@](O)(C[C@@H](C)OC)[C@H]1CCC[C@H]14. The van der Waals surface area contributed by atoms with Gasteiger partial charge in [-0.05, 0) is 63.8 Å². The number of imide groups is 1. The Bertz CT molecular complexity index is 1300. The first-order chi connectivity index (χ1) is 22.9. The maximum absolute atomic E-state index is 14.2. The van der Waals surface area contributed by atoms with Crippen molar-refractivity contribution in [1.82, 2.24) is 9.80 Å². The third kappa shape index (κ3) is 4.36. The molecule has 1 spiro atoms. The number of likely N-dealkylation sites (N-methyl/N-ethyl adjacent to an activating group) is 1. The highest BCUT2D eigenvalue weighted by Crippen LogP contribution is 2.78. The van der Waals surface area contributed by atoms with Crippen LogP contribution in [0.25, 0.3) is 0 Å². The summed E-state index contributed by atoms with van der Waals surface area (Å²) in [7, 11) is 5.08. The monoisotopic (exact) mass is 674 g/mol. The molecule has 7 fully saturated rings. The van der Waals surface area contributed by atoms with E-state index in [-0.39, 0.29) is 66.7 Å². The van der Waals surface area contributed by atoms with Gasteiger partial charge in [-0.25, -0.2) is 0 Å². The molecule has 2 heterocycles. The lowest BCUT2D eigenvalue weighted by Crippen LogP contribution is -2.80. The zero-order valence-corrected chi connectivity index (χ0v) is 29.8. The van der Waals surface area contributed by atoms with Gasteiger partial charge in [-0.2, -0.15) is 0 Å². The van der Waals surface area contributed by atoms with Gasteiger partial charge in [-0.15, -0.1) is 0 Å². The number of methoxy groups -OCH3 is 3. The molecule has 0 aromatic heterocycles. The van der Waals surface area contributed by atoms with Gasteiger partial charge in [-0.1, -0.05) is 33.1 Å². The van der Waals surface area contributed by atoms with Crippen molar-refractivity contribution in [2.45, 2.75) is 133 Å². The van der Waals surface area contributed by atoms with Gasteiger partial charge >= 0.3 is 5.97 Å². The fourth-order valence-electron chi connectivity index (χ4n) is 13.3. The maximum Gasteiger partial charge on any atom is 0.311 e. The first-order valence-corrected chi connectivity index (χ1v) is 18.7. The highest BCUT2D eigenvalue weighted by molar-refractivity contribution is 6.04. The van der Waals surface area contributed by atoms with E-state index in [1.165, 1.54) is 4.90 Å². The minimum atomic E-state index is -1.60. The summed E-state index contributed by atoms with van der Waals surface area (Å²) in [5.74, 6) is -1.91. The largest absolute Gasteiger partial charge is 0.465 e. The van der Waals surface area contributed by atoms with E-state index in [0.717, 1.165) is 44.9 Å². The van der Waals surface area contributed by atoms with Crippen molar-refractivity contribution in [1.29, 1.82) is 0 Å². The van der Waals surface area contributed by atoms with E-state index in [4.69, 9.17) is 18.9 Å². The average Bonchev–Trinajstić information content (AvgIpc) is 3.71. The molecule has 2 amide bonds. The lowest BCUT2D eigenvalue weighted by Gasteiger charge is -2.70. The van der Waals surface area contributed by atoms with Crippen molar-refractivity contribution >= 4 is 17.8 Å². The van der Waals surface area contributed by atoms with E-state index in [0.29, 0.717) is 32.4 Å². The zero-order valence-electron chi connectivity index (χ0n) is 29.8. The second kappa shape index (κ2) is 12.3. The first-order valence-electron chi connectivity index (χ1n) is 18.7. The fourth-order valence-corrected chi connectivity index (χ4v) is 13.3. The Labute approximate surface area is 285 Å². The molecule has 0 radical (unpaired) electrons. The standard InChI is InChI=1S/C37H58N2O9/c1-7-38-19-34(20-48-32(42)23-11-8-9-14-26(23)39-28(40)17-21(2)31(39)41)16-15-27(46-5)36-25-13-10-12-24(25)35(43,18-22(3)45-4)37(44,33(36)38)30(47-6)29(34)36/h21-27,29-30,33,43-44H,7-20H2,1-6H3/t21-,22+,23?,24-,25+,26?,27-,29?,30-,33?,34-,35+,36-,37-/m0/s1. The summed E-state index contributed by atoms with van der Waals surface area (Å²) in [5, 5.41) is 26.5. The topological polar surface area (TPSA) is 135 Å². The molecular formula is C37H58N2O9. The minimum Gasteiger partial charge on any atom is -0.465 e. The van der Waals surface area contributed by atoms with Crippen LogP contribution in [0.1, 0.15) is 91.4 Å². The molecule has 11 heteroatoms. The van der Waals surface area contributed by atoms with Gasteiger partial charge in [0.25, 0.3) is 0 Å². The molecule has 11 nitrogen and oxygen atoms in total. The molecule has 270 valence electrons. The quantitative estimate of drug-likeness (QED) is 0.263. The van der Waals surface area contributed by atoms with Crippen LogP contribution in [0.5, 0.6) is 0 Å². The Morgan fingerprint density at radius 3 is 2.38 bits per heavy atom. The second-order valence-corrected chi connectivity index (χ2v) is 16.6. The van der Waals surface area contributed by atoms with Crippen molar-refractivity contribution in [2.24, 2.45) is 40.4 Å². The normalized spacial score (nSPS) is 48.9. The molecule has 5 bridgehead atoms. The number of fused-ring (bicyclic) bond motifs is 1. The summed E-state index contributed by atoms with van der Waals surface area (Å²) in [6.45, 7) is 7.25. The molecule has 14 atom stereocenters. The second-order valence-electron chi connectivity index (χ2n) is 16.6. The van der Waals surface area contributed by atoms with Crippen molar-refractivity contribution in [3.05, 3.63) is 0 Å². The van der Waals surface area contributed by atoms with Crippen molar-refractivity contribution in [3.8, 4) is 0 Å². The van der Waals surface area contributed by atoms with Gasteiger partial charge in [0.1, 0.15) is 11.2 Å². The van der Waals surface area contributed by atoms with Crippen LogP contribution in [0, 0.1) is 40.4 Å². The molecule has 0 aromatic carbocycles. The van der Waals surface area contributed by atoms with Crippen LogP contribution in [0.3, 0.4) is 0 Å².